The maximum absolute atomic E-state index is 12.8. The highest BCUT2D eigenvalue weighted by Crippen LogP contribution is 2.24. The Morgan fingerprint density at radius 3 is 3.00 bits per heavy atom. The van der Waals surface area contributed by atoms with Gasteiger partial charge in [-0.05, 0) is 12.1 Å². The van der Waals surface area contributed by atoms with E-state index < -0.39 is 0 Å². The molecule has 0 spiro atoms. The van der Waals surface area contributed by atoms with Gasteiger partial charge in [0.25, 0.3) is 0 Å². The molecule has 0 fully saturated rings. The van der Waals surface area contributed by atoms with Crippen molar-refractivity contribution in [3.8, 4) is 5.75 Å². The average molecular weight is 181 g/mol. The number of nitrogens with one attached hydrogen (secondary N) is 1. The fourth-order valence-corrected chi connectivity index (χ4v) is 0.971. The maximum atomic E-state index is 12.8. The number of halogens is 1. The third kappa shape index (κ3) is 2.47. The third-order valence-corrected chi connectivity index (χ3v) is 1.57. The van der Waals surface area contributed by atoms with Crippen LogP contribution in [0.1, 0.15) is 0 Å². The van der Waals surface area contributed by atoms with Gasteiger partial charge in [0.1, 0.15) is 18.2 Å². The van der Waals surface area contributed by atoms with Crippen molar-refractivity contribution < 1.29 is 9.13 Å². The van der Waals surface area contributed by atoms with Gasteiger partial charge in [0.2, 0.25) is 0 Å². The minimum atomic E-state index is -0.307. The summed E-state index contributed by atoms with van der Waals surface area (Å²) < 4.78 is 18.0. The lowest BCUT2D eigenvalue weighted by Gasteiger charge is -2.09. The monoisotopic (exact) mass is 181 g/mol. The van der Waals surface area contributed by atoms with Crippen molar-refractivity contribution in [3.63, 3.8) is 0 Å². The molecule has 1 aromatic carbocycles. The molecule has 1 N–H and O–H groups in total. The molecule has 0 saturated heterocycles. The first-order valence-electron chi connectivity index (χ1n) is 3.99. The van der Waals surface area contributed by atoms with Crippen LogP contribution in [0, 0.1) is 5.82 Å². The topological polar surface area (TPSA) is 21.3 Å². The summed E-state index contributed by atoms with van der Waals surface area (Å²) in [5.74, 6) is 0.195. The van der Waals surface area contributed by atoms with Crippen LogP contribution in [0.15, 0.2) is 30.9 Å². The van der Waals surface area contributed by atoms with E-state index in [1.165, 1.54) is 12.1 Å². The summed E-state index contributed by atoms with van der Waals surface area (Å²) in [4.78, 5) is 0. The van der Waals surface area contributed by atoms with Gasteiger partial charge in [-0.2, -0.15) is 0 Å². The zero-order chi connectivity index (χ0) is 9.68. The molecular formula is C10H12FNO. The molecule has 13 heavy (non-hydrogen) atoms. The summed E-state index contributed by atoms with van der Waals surface area (Å²) in [6, 6.07) is 4.36. The fourth-order valence-electron chi connectivity index (χ4n) is 0.971. The molecule has 0 radical (unpaired) electrons. The molecule has 0 aliphatic carbocycles. The minimum Gasteiger partial charge on any atom is -0.487 e. The third-order valence-electron chi connectivity index (χ3n) is 1.57. The molecule has 0 aromatic heterocycles. The first-order valence-corrected chi connectivity index (χ1v) is 3.99. The molecule has 0 aliphatic rings. The van der Waals surface area contributed by atoms with Gasteiger partial charge in [-0.1, -0.05) is 12.7 Å². The number of benzene rings is 1. The van der Waals surface area contributed by atoms with E-state index in [0.29, 0.717) is 12.4 Å². The van der Waals surface area contributed by atoms with E-state index in [2.05, 4.69) is 11.9 Å². The van der Waals surface area contributed by atoms with E-state index >= 15 is 0 Å². The van der Waals surface area contributed by atoms with Crippen LogP contribution in [-0.4, -0.2) is 13.7 Å². The Bertz CT molecular complexity index is 299. The molecule has 0 atom stereocenters. The molecule has 0 heterocycles. The first kappa shape index (κ1) is 9.58. The average Bonchev–Trinajstić information content (AvgIpc) is 2.15. The molecule has 1 aromatic rings. The molecular weight excluding hydrogens is 169 g/mol. The zero-order valence-electron chi connectivity index (χ0n) is 7.51. The van der Waals surface area contributed by atoms with E-state index in [-0.39, 0.29) is 5.82 Å². The summed E-state index contributed by atoms with van der Waals surface area (Å²) >= 11 is 0. The molecule has 0 amide bonds. The van der Waals surface area contributed by atoms with Crippen LogP contribution < -0.4 is 10.1 Å². The van der Waals surface area contributed by atoms with Crippen molar-refractivity contribution in [2.24, 2.45) is 0 Å². The highest BCUT2D eigenvalue weighted by Gasteiger charge is 2.02. The highest BCUT2D eigenvalue weighted by molar-refractivity contribution is 5.55. The van der Waals surface area contributed by atoms with Crippen LogP contribution in [-0.2, 0) is 0 Å². The van der Waals surface area contributed by atoms with Gasteiger partial charge >= 0.3 is 0 Å². The number of hydrogen-bond donors (Lipinski definition) is 1. The van der Waals surface area contributed by atoms with E-state index in [9.17, 15) is 4.39 Å². The number of anilines is 1. The Morgan fingerprint density at radius 2 is 2.38 bits per heavy atom. The number of rotatable bonds is 4. The second kappa shape index (κ2) is 4.50. The standard InChI is InChI=1S/C10H12FNO/c1-3-6-13-10-7-8(11)4-5-9(10)12-2/h3-5,7,12H,1,6H2,2H3. The molecule has 1 rings (SSSR count). The van der Waals surface area contributed by atoms with Gasteiger partial charge in [-0.15, -0.1) is 0 Å². The van der Waals surface area contributed by atoms with Crippen LogP contribution in [0.3, 0.4) is 0 Å². The SMILES string of the molecule is C=CCOc1cc(F)ccc1NC. The van der Waals surface area contributed by atoms with Crippen LogP contribution in [0.4, 0.5) is 10.1 Å². The molecule has 3 heteroatoms. The van der Waals surface area contributed by atoms with Crippen molar-refractivity contribution >= 4 is 5.69 Å². The lowest BCUT2D eigenvalue weighted by Crippen LogP contribution is -1.98. The van der Waals surface area contributed by atoms with Crippen LogP contribution >= 0.6 is 0 Å². The molecule has 70 valence electrons. The Kier molecular flexibility index (Phi) is 3.31. The second-order valence-corrected chi connectivity index (χ2v) is 2.49. The highest BCUT2D eigenvalue weighted by atomic mass is 19.1. The Morgan fingerprint density at radius 1 is 1.62 bits per heavy atom. The van der Waals surface area contributed by atoms with Crippen molar-refractivity contribution in [2.75, 3.05) is 19.0 Å². The van der Waals surface area contributed by atoms with E-state index in [4.69, 9.17) is 4.74 Å². The molecule has 0 aliphatic heterocycles. The Hall–Kier alpha value is -1.51. The normalized spacial score (nSPS) is 9.38. The minimum absolute atomic E-state index is 0.307. The van der Waals surface area contributed by atoms with Gasteiger partial charge in [-0.3, -0.25) is 0 Å². The zero-order valence-corrected chi connectivity index (χ0v) is 7.51. The second-order valence-electron chi connectivity index (χ2n) is 2.49. The quantitative estimate of drug-likeness (QED) is 0.720. The summed E-state index contributed by atoms with van der Waals surface area (Å²) in [5.41, 5.74) is 0.767. The van der Waals surface area contributed by atoms with Gasteiger partial charge in [0, 0.05) is 13.1 Å². The maximum Gasteiger partial charge on any atom is 0.145 e. The lowest BCUT2D eigenvalue weighted by atomic mass is 10.3. The fraction of sp³-hybridized carbons (Fsp3) is 0.200. The summed E-state index contributed by atoms with van der Waals surface area (Å²) in [7, 11) is 1.76. The largest absolute Gasteiger partial charge is 0.487 e. The molecule has 0 saturated carbocycles. The predicted molar refractivity (Wildman–Crippen MR) is 51.6 cm³/mol. The van der Waals surface area contributed by atoms with Gasteiger partial charge < -0.3 is 10.1 Å². The van der Waals surface area contributed by atoms with Gasteiger partial charge in [0.05, 0.1) is 5.69 Å². The lowest BCUT2D eigenvalue weighted by molar-refractivity contribution is 0.362. The van der Waals surface area contributed by atoms with Crippen molar-refractivity contribution in [2.45, 2.75) is 0 Å². The molecule has 0 bridgehead atoms. The number of hydrogen-bond acceptors (Lipinski definition) is 2. The van der Waals surface area contributed by atoms with E-state index in [1.54, 1.807) is 19.2 Å². The van der Waals surface area contributed by atoms with E-state index in [1.807, 2.05) is 0 Å². The summed E-state index contributed by atoms with van der Waals surface area (Å²) in [5, 5.41) is 2.91. The van der Waals surface area contributed by atoms with Crippen LogP contribution in [0.2, 0.25) is 0 Å². The van der Waals surface area contributed by atoms with Crippen LogP contribution in [0.25, 0.3) is 0 Å². The Balaban J connectivity index is 2.87. The van der Waals surface area contributed by atoms with Gasteiger partial charge in [-0.25, -0.2) is 4.39 Å². The van der Waals surface area contributed by atoms with Crippen molar-refractivity contribution in [3.05, 3.63) is 36.7 Å². The predicted octanol–water partition coefficient (Wildman–Crippen LogP) is 2.43. The van der Waals surface area contributed by atoms with Crippen molar-refractivity contribution in [1.82, 2.24) is 0 Å². The van der Waals surface area contributed by atoms with E-state index in [0.717, 1.165) is 5.69 Å². The van der Waals surface area contributed by atoms with Crippen LogP contribution in [0.5, 0.6) is 5.75 Å². The summed E-state index contributed by atoms with van der Waals surface area (Å²) in [6.45, 7) is 3.89. The first-order chi connectivity index (χ1) is 6.27. The van der Waals surface area contributed by atoms with Gasteiger partial charge in [0.15, 0.2) is 0 Å². The molecule has 0 unspecified atom stereocenters. The molecule has 2 nitrogen and oxygen atoms in total. The smallest absolute Gasteiger partial charge is 0.145 e. The van der Waals surface area contributed by atoms with Crippen molar-refractivity contribution in [1.29, 1.82) is 0 Å². The summed E-state index contributed by atoms with van der Waals surface area (Å²) in [6.07, 6.45) is 1.62. The number of ether oxygens (including phenoxy) is 1. The Labute approximate surface area is 77.0 Å².